The van der Waals surface area contributed by atoms with Gasteiger partial charge in [-0.25, -0.2) is 9.97 Å². The predicted molar refractivity (Wildman–Crippen MR) is 264 cm³/mol. The van der Waals surface area contributed by atoms with E-state index in [4.69, 9.17) is 9.97 Å². The highest BCUT2D eigenvalue weighted by molar-refractivity contribution is 7.17. The third-order valence-electron chi connectivity index (χ3n) is 12.6. The quantitative estimate of drug-likeness (QED) is 0.162. The molecule has 0 aliphatic rings. The van der Waals surface area contributed by atoms with Crippen LogP contribution in [-0.2, 0) is 0 Å². The van der Waals surface area contributed by atoms with Crippen LogP contribution in [0.3, 0.4) is 0 Å². The van der Waals surface area contributed by atoms with E-state index in [1.807, 2.05) is 17.4 Å². The van der Waals surface area contributed by atoms with Crippen molar-refractivity contribution < 1.29 is 0 Å². The second-order valence-corrected chi connectivity index (χ2v) is 17.1. The number of thiophene rings is 1. The maximum atomic E-state index is 5.40. The third kappa shape index (κ3) is 5.51. The lowest BCUT2D eigenvalue weighted by atomic mass is 9.91. The molecule has 0 saturated heterocycles. The van der Waals surface area contributed by atoms with Crippen molar-refractivity contribution in [3.05, 3.63) is 212 Å². The Morgan fingerprint density at radius 2 is 0.968 bits per heavy atom. The first kappa shape index (κ1) is 34.9. The summed E-state index contributed by atoms with van der Waals surface area (Å²) in [7, 11) is 0. The fourth-order valence-electron chi connectivity index (χ4n) is 9.67. The van der Waals surface area contributed by atoms with Crippen LogP contribution >= 0.6 is 11.3 Å². The number of aromatic nitrogens is 3. The van der Waals surface area contributed by atoms with Gasteiger partial charge in [-0.3, -0.25) is 4.57 Å². The lowest BCUT2D eigenvalue weighted by Crippen LogP contribution is -2.02. The van der Waals surface area contributed by atoms with Gasteiger partial charge >= 0.3 is 0 Å². The molecule has 0 saturated carbocycles. The van der Waals surface area contributed by atoms with E-state index in [-0.39, 0.29) is 0 Å². The van der Waals surface area contributed by atoms with Gasteiger partial charge in [-0.05, 0) is 119 Å². The summed E-state index contributed by atoms with van der Waals surface area (Å²) in [5, 5.41) is 15.7. The summed E-state index contributed by atoms with van der Waals surface area (Å²) in [5.74, 6) is 1.52. The average Bonchev–Trinajstić information content (AvgIpc) is 3.96. The maximum absolute atomic E-state index is 5.40. The van der Waals surface area contributed by atoms with Crippen molar-refractivity contribution in [3.8, 4) is 50.7 Å². The van der Waals surface area contributed by atoms with Gasteiger partial charge < -0.3 is 0 Å². The van der Waals surface area contributed by atoms with Crippen LogP contribution in [0, 0.1) is 0 Å². The summed E-state index contributed by atoms with van der Waals surface area (Å²) in [5.41, 5.74) is 9.97. The molecule has 0 radical (unpaired) electrons. The van der Waals surface area contributed by atoms with Crippen LogP contribution in [0.4, 0.5) is 0 Å². The van der Waals surface area contributed by atoms with Gasteiger partial charge in [0.1, 0.15) is 5.82 Å². The minimum absolute atomic E-state index is 0.690. The van der Waals surface area contributed by atoms with Gasteiger partial charge in [-0.2, -0.15) is 0 Å². The number of hydrogen-bond donors (Lipinski definition) is 0. The van der Waals surface area contributed by atoms with Gasteiger partial charge in [-0.15, -0.1) is 11.3 Å². The molecular formula is C58H35N3S. The molecule has 0 unspecified atom stereocenters. The fraction of sp³-hybridized carbons (Fsp3) is 0. The van der Waals surface area contributed by atoms with E-state index in [1.165, 1.54) is 86.2 Å². The van der Waals surface area contributed by atoms with Crippen LogP contribution in [0.2, 0.25) is 0 Å². The number of fused-ring (bicyclic) bond motifs is 11. The molecule has 0 atom stereocenters. The van der Waals surface area contributed by atoms with E-state index in [0.717, 1.165) is 33.7 Å². The van der Waals surface area contributed by atoms with Gasteiger partial charge in [-0.1, -0.05) is 158 Å². The van der Waals surface area contributed by atoms with Crippen LogP contribution < -0.4 is 0 Å². The van der Waals surface area contributed by atoms with Crippen molar-refractivity contribution in [2.75, 3.05) is 0 Å². The molecule has 0 spiro atoms. The third-order valence-corrected chi connectivity index (χ3v) is 13.6. The molecular weight excluding hydrogens is 771 g/mol. The van der Waals surface area contributed by atoms with Crippen molar-refractivity contribution in [2.45, 2.75) is 0 Å². The van der Waals surface area contributed by atoms with E-state index >= 15 is 0 Å². The molecule has 13 rings (SSSR count). The van der Waals surface area contributed by atoms with Crippen LogP contribution in [0.15, 0.2) is 212 Å². The van der Waals surface area contributed by atoms with Crippen LogP contribution in [0.1, 0.15) is 0 Å². The minimum atomic E-state index is 0.690. The van der Waals surface area contributed by atoms with Gasteiger partial charge in [0, 0.05) is 32.7 Å². The number of nitrogens with zero attached hydrogens (tertiary/aromatic N) is 3. The molecule has 10 aromatic carbocycles. The molecule has 3 aromatic heterocycles. The minimum Gasteiger partial charge on any atom is -0.294 e. The summed E-state index contributed by atoms with van der Waals surface area (Å²) < 4.78 is 3.68. The predicted octanol–water partition coefficient (Wildman–Crippen LogP) is 16.1. The highest BCUT2D eigenvalue weighted by Crippen LogP contribution is 2.44. The first-order chi connectivity index (χ1) is 30.7. The van der Waals surface area contributed by atoms with Crippen LogP contribution in [0.5, 0.6) is 0 Å². The Morgan fingerprint density at radius 3 is 1.81 bits per heavy atom. The molecule has 3 nitrogen and oxygen atoms in total. The second kappa shape index (κ2) is 13.8. The Bertz CT molecular complexity index is 3860. The highest BCUT2D eigenvalue weighted by Gasteiger charge is 2.20. The zero-order valence-electron chi connectivity index (χ0n) is 33.5. The molecule has 0 aliphatic heterocycles. The molecule has 62 heavy (non-hydrogen) atoms. The zero-order valence-corrected chi connectivity index (χ0v) is 34.3. The fourth-order valence-corrected chi connectivity index (χ4v) is 10.6. The Hall–Kier alpha value is -7.92. The van der Waals surface area contributed by atoms with Crippen molar-refractivity contribution >= 4 is 86.3 Å². The molecule has 0 N–H and O–H groups in total. The SMILES string of the molecule is c1ccc(-c2cc(-n3c4ccc(-c5ccc6ccccc6c5)cc4c4cc5c6ccccc6c6cc(-c7cccc8ccsc78)ccc6c5cc43)nc(-c3ccccc3)n2)cc1. The maximum Gasteiger partial charge on any atom is 0.162 e. The Balaban J connectivity index is 1.13. The van der Waals surface area contributed by atoms with Gasteiger partial charge in [0.25, 0.3) is 0 Å². The number of rotatable bonds is 5. The summed E-state index contributed by atoms with van der Waals surface area (Å²) in [6, 6.07) is 74.9. The molecule has 3 heterocycles. The largest absolute Gasteiger partial charge is 0.294 e. The monoisotopic (exact) mass is 805 g/mol. The molecule has 0 bridgehead atoms. The Labute approximate surface area is 361 Å². The average molecular weight is 806 g/mol. The van der Waals surface area contributed by atoms with E-state index in [0.29, 0.717) is 5.82 Å². The van der Waals surface area contributed by atoms with E-state index in [2.05, 4.69) is 210 Å². The molecule has 13 aromatic rings. The molecule has 288 valence electrons. The van der Waals surface area contributed by atoms with E-state index < -0.39 is 0 Å². The smallest absolute Gasteiger partial charge is 0.162 e. The summed E-state index contributed by atoms with van der Waals surface area (Å²) in [6.45, 7) is 0. The Morgan fingerprint density at radius 1 is 0.339 bits per heavy atom. The molecule has 4 heteroatoms. The second-order valence-electron chi connectivity index (χ2n) is 16.2. The molecule has 0 aliphatic carbocycles. The van der Waals surface area contributed by atoms with Gasteiger partial charge in [0.05, 0.1) is 16.7 Å². The topological polar surface area (TPSA) is 30.7 Å². The summed E-state index contributed by atoms with van der Waals surface area (Å²) in [4.78, 5) is 10.6. The van der Waals surface area contributed by atoms with E-state index in [1.54, 1.807) is 0 Å². The van der Waals surface area contributed by atoms with Crippen molar-refractivity contribution in [1.29, 1.82) is 0 Å². The first-order valence-corrected chi connectivity index (χ1v) is 21.9. The molecule has 0 amide bonds. The normalized spacial score (nSPS) is 11.9. The first-order valence-electron chi connectivity index (χ1n) is 21.0. The van der Waals surface area contributed by atoms with Crippen molar-refractivity contribution in [1.82, 2.24) is 14.5 Å². The standard InChI is InChI=1S/C58H35N3S/c1-3-13-37(14-4-1)53-35-56(60-58(59-53)39-15-5-2-6-16-39)61-54-27-25-42(41-23-22-36-12-7-8-17-40(36)30-41)31-51(54)52-33-49-46-20-10-9-19-45(46)48-32-43(24-26-47(48)50(49)34-55(52)61)44-21-11-18-38-28-29-62-57(38)44/h1-35H. The number of benzene rings is 10. The lowest BCUT2D eigenvalue weighted by Gasteiger charge is -2.14. The van der Waals surface area contributed by atoms with Crippen molar-refractivity contribution in [2.24, 2.45) is 0 Å². The van der Waals surface area contributed by atoms with Gasteiger partial charge in [0.15, 0.2) is 5.82 Å². The van der Waals surface area contributed by atoms with Gasteiger partial charge in [0.2, 0.25) is 0 Å². The summed E-state index contributed by atoms with van der Waals surface area (Å²) >= 11 is 1.81. The zero-order chi connectivity index (χ0) is 40.7. The Kier molecular flexibility index (Phi) is 7.78. The molecule has 0 fully saturated rings. The lowest BCUT2D eigenvalue weighted by molar-refractivity contribution is 1.05. The summed E-state index contributed by atoms with van der Waals surface area (Å²) in [6.07, 6.45) is 0. The van der Waals surface area contributed by atoms with E-state index in [9.17, 15) is 0 Å². The van der Waals surface area contributed by atoms with Crippen molar-refractivity contribution in [3.63, 3.8) is 0 Å². The van der Waals surface area contributed by atoms with Crippen LogP contribution in [-0.4, -0.2) is 14.5 Å². The number of hydrogen-bond acceptors (Lipinski definition) is 3. The van der Waals surface area contributed by atoms with Crippen LogP contribution in [0.25, 0.3) is 126 Å². The highest BCUT2D eigenvalue weighted by atomic mass is 32.1.